The summed E-state index contributed by atoms with van der Waals surface area (Å²) in [5.41, 5.74) is 4.70. The van der Waals surface area contributed by atoms with Crippen molar-refractivity contribution in [1.29, 1.82) is 0 Å². The van der Waals surface area contributed by atoms with E-state index in [4.69, 9.17) is 14.5 Å². The van der Waals surface area contributed by atoms with Gasteiger partial charge in [0, 0.05) is 16.9 Å². The minimum atomic E-state index is 0.628. The summed E-state index contributed by atoms with van der Waals surface area (Å²) in [6.07, 6.45) is 0. The van der Waals surface area contributed by atoms with Crippen LogP contribution in [0.5, 0.6) is 11.5 Å². The van der Waals surface area contributed by atoms with E-state index in [-0.39, 0.29) is 0 Å². The maximum Gasteiger partial charge on any atom is 0.210 e. The molecule has 3 aromatic carbocycles. The molecule has 150 valence electrons. The number of thioether (sulfide) groups is 1. The van der Waals surface area contributed by atoms with Crippen LogP contribution in [0.3, 0.4) is 0 Å². The molecule has 4 aromatic rings. The van der Waals surface area contributed by atoms with Crippen LogP contribution in [-0.2, 0) is 5.75 Å². The molecule has 0 bridgehead atoms. The fourth-order valence-corrected chi connectivity index (χ4v) is 3.81. The monoisotopic (exact) mass is 415 g/mol. The van der Waals surface area contributed by atoms with Gasteiger partial charge < -0.3 is 9.47 Å². The number of nitrogens with zero attached hydrogens (tertiary/aromatic N) is 3. The topological polar surface area (TPSA) is 57.1 Å². The first-order valence-electron chi connectivity index (χ1n) is 9.47. The summed E-state index contributed by atoms with van der Waals surface area (Å²) in [6, 6.07) is 26.0. The van der Waals surface area contributed by atoms with Crippen molar-refractivity contribution in [2.45, 2.75) is 10.9 Å². The molecular formula is C24H21N3O2S. The lowest BCUT2D eigenvalue weighted by Crippen LogP contribution is -1.99. The van der Waals surface area contributed by atoms with Crippen LogP contribution in [0.15, 0.2) is 84.0 Å². The zero-order valence-electron chi connectivity index (χ0n) is 16.8. The molecule has 0 N–H and O–H groups in total. The van der Waals surface area contributed by atoms with Gasteiger partial charge in [-0.1, -0.05) is 78.5 Å². The molecule has 0 aliphatic heterocycles. The average molecular weight is 416 g/mol. The lowest BCUT2D eigenvalue weighted by Gasteiger charge is -2.10. The number of benzene rings is 3. The predicted molar refractivity (Wildman–Crippen MR) is 120 cm³/mol. The van der Waals surface area contributed by atoms with Crippen molar-refractivity contribution in [2.75, 3.05) is 14.2 Å². The standard InChI is InChI=1S/C24H21N3O2S/c1-28-20-14-13-17(15-21(20)29-2)16-30-24-25-22(18-9-5-3-6-10-18)23(26-27-24)19-11-7-4-8-12-19/h3-15H,16H2,1-2H3. The van der Waals surface area contributed by atoms with Crippen LogP contribution in [0.1, 0.15) is 5.56 Å². The summed E-state index contributed by atoms with van der Waals surface area (Å²) in [4.78, 5) is 4.84. The molecule has 30 heavy (non-hydrogen) atoms. The van der Waals surface area contributed by atoms with Crippen molar-refractivity contribution in [1.82, 2.24) is 15.2 Å². The molecule has 0 fully saturated rings. The highest BCUT2D eigenvalue weighted by Gasteiger charge is 2.14. The van der Waals surface area contributed by atoms with Gasteiger partial charge in [-0.2, -0.15) is 0 Å². The Morgan fingerprint density at radius 1 is 0.700 bits per heavy atom. The van der Waals surface area contributed by atoms with E-state index in [1.165, 1.54) is 11.8 Å². The minimum absolute atomic E-state index is 0.628. The SMILES string of the molecule is COc1ccc(CSc2nnc(-c3ccccc3)c(-c3ccccc3)n2)cc1OC. The van der Waals surface area contributed by atoms with Crippen molar-refractivity contribution < 1.29 is 9.47 Å². The highest BCUT2D eigenvalue weighted by Crippen LogP contribution is 2.32. The van der Waals surface area contributed by atoms with E-state index in [0.29, 0.717) is 22.4 Å². The molecule has 1 aromatic heterocycles. The van der Waals surface area contributed by atoms with Gasteiger partial charge in [0.2, 0.25) is 5.16 Å². The van der Waals surface area contributed by atoms with E-state index in [0.717, 1.165) is 28.1 Å². The number of ether oxygens (including phenoxy) is 2. The Hall–Kier alpha value is -3.38. The van der Waals surface area contributed by atoms with Crippen LogP contribution in [0.4, 0.5) is 0 Å². The van der Waals surface area contributed by atoms with Crippen LogP contribution in [0.25, 0.3) is 22.5 Å². The van der Waals surface area contributed by atoms with Crippen molar-refractivity contribution >= 4 is 11.8 Å². The van der Waals surface area contributed by atoms with Crippen LogP contribution < -0.4 is 9.47 Å². The Morgan fingerprint density at radius 2 is 1.33 bits per heavy atom. The highest BCUT2D eigenvalue weighted by molar-refractivity contribution is 7.98. The van der Waals surface area contributed by atoms with Gasteiger partial charge in [-0.15, -0.1) is 10.2 Å². The van der Waals surface area contributed by atoms with Crippen molar-refractivity contribution in [2.24, 2.45) is 0 Å². The van der Waals surface area contributed by atoms with Gasteiger partial charge in [0.1, 0.15) is 11.4 Å². The average Bonchev–Trinajstić information content (AvgIpc) is 2.83. The normalized spacial score (nSPS) is 10.6. The third-order valence-electron chi connectivity index (χ3n) is 4.58. The van der Waals surface area contributed by atoms with E-state index < -0.39 is 0 Å². The fourth-order valence-electron chi connectivity index (χ4n) is 3.08. The Bertz CT molecular complexity index is 1120. The van der Waals surface area contributed by atoms with Crippen LogP contribution >= 0.6 is 11.8 Å². The summed E-state index contributed by atoms with van der Waals surface area (Å²) in [5.74, 6) is 2.11. The summed E-state index contributed by atoms with van der Waals surface area (Å²) in [7, 11) is 3.27. The van der Waals surface area contributed by atoms with Gasteiger partial charge in [-0.05, 0) is 17.7 Å². The Morgan fingerprint density at radius 3 is 1.97 bits per heavy atom. The van der Waals surface area contributed by atoms with E-state index >= 15 is 0 Å². The molecule has 6 heteroatoms. The molecule has 0 unspecified atom stereocenters. The molecule has 5 nitrogen and oxygen atoms in total. The third kappa shape index (κ3) is 4.44. The number of aromatic nitrogens is 3. The van der Waals surface area contributed by atoms with Gasteiger partial charge in [0.05, 0.1) is 14.2 Å². The third-order valence-corrected chi connectivity index (χ3v) is 5.49. The molecule has 0 radical (unpaired) electrons. The Kier molecular flexibility index (Phi) is 6.25. The van der Waals surface area contributed by atoms with Gasteiger partial charge in [-0.25, -0.2) is 4.98 Å². The van der Waals surface area contributed by atoms with Crippen molar-refractivity contribution in [3.63, 3.8) is 0 Å². The first-order valence-corrected chi connectivity index (χ1v) is 10.5. The summed E-state index contributed by atoms with van der Waals surface area (Å²) in [5, 5.41) is 9.53. The van der Waals surface area contributed by atoms with Crippen LogP contribution in [0, 0.1) is 0 Å². The van der Waals surface area contributed by atoms with Crippen molar-refractivity contribution in [3.8, 4) is 34.0 Å². The largest absolute Gasteiger partial charge is 0.493 e. The molecule has 4 rings (SSSR count). The predicted octanol–water partition coefficient (Wildman–Crippen LogP) is 5.52. The van der Waals surface area contributed by atoms with Crippen molar-refractivity contribution in [3.05, 3.63) is 84.4 Å². The molecule has 0 saturated heterocycles. The second-order valence-electron chi connectivity index (χ2n) is 6.50. The lowest BCUT2D eigenvalue weighted by atomic mass is 10.0. The quantitative estimate of drug-likeness (QED) is 0.371. The minimum Gasteiger partial charge on any atom is -0.493 e. The summed E-state index contributed by atoms with van der Waals surface area (Å²) < 4.78 is 10.7. The number of rotatable bonds is 7. The molecule has 0 atom stereocenters. The first-order chi connectivity index (χ1) is 14.8. The molecule has 1 heterocycles. The smallest absolute Gasteiger partial charge is 0.210 e. The Labute approximate surface area is 180 Å². The van der Waals surface area contributed by atoms with E-state index in [1.54, 1.807) is 14.2 Å². The number of hydrogen-bond donors (Lipinski definition) is 0. The summed E-state index contributed by atoms with van der Waals surface area (Å²) >= 11 is 1.54. The highest BCUT2D eigenvalue weighted by atomic mass is 32.2. The maximum absolute atomic E-state index is 5.39. The maximum atomic E-state index is 5.39. The molecule has 0 aliphatic carbocycles. The van der Waals surface area contributed by atoms with E-state index in [1.807, 2.05) is 78.9 Å². The van der Waals surface area contributed by atoms with E-state index in [9.17, 15) is 0 Å². The number of hydrogen-bond acceptors (Lipinski definition) is 6. The molecule has 0 amide bonds. The molecule has 0 aliphatic rings. The van der Waals surface area contributed by atoms with E-state index in [2.05, 4.69) is 10.2 Å². The lowest BCUT2D eigenvalue weighted by molar-refractivity contribution is 0.354. The van der Waals surface area contributed by atoms with Gasteiger partial charge >= 0.3 is 0 Å². The van der Waals surface area contributed by atoms with Gasteiger partial charge in [0.25, 0.3) is 0 Å². The van der Waals surface area contributed by atoms with Crippen LogP contribution in [0.2, 0.25) is 0 Å². The first kappa shape index (κ1) is 19.9. The zero-order chi connectivity index (χ0) is 20.8. The second-order valence-corrected chi connectivity index (χ2v) is 7.44. The second kappa shape index (κ2) is 9.41. The van der Waals surface area contributed by atoms with Gasteiger partial charge in [-0.3, -0.25) is 0 Å². The Balaban J connectivity index is 1.64. The zero-order valence-corrected chi connectivity index (χ0v) is 17.6. The molecule has 0 spiro atoms. The summed E-state index contributed by atoms with van der Waals surface area (Å²) in [6.45, 7) is 0. The molecule has 0 saturated carbocycles. The number of methoxy groups -OCH3 is 2. The molecular weight excluding hydrogens is 394 g/mol. The van der Waals surface area contributed by atoms with Gasteiger partial charge in [0.15, 0.2) is 11.5 Å². The van der Waals surface area contributed by atoms with Crippen LogP contribution in [-0.4, -0.2) is 29.4 Å². The fraction of sp³-hybridized carbons (Fsp3) is 0.125.